The van der Waals surface area contributed by atoms with Crippen molar-refractivity contribution in [1.82, 2.24) is 5.32 Å². The first-order valence-corrected chi connectivity index (χ1v) is 9.92. The molecule has 2 N–H and O–H groups in total. The van der Waals surface area contributed by atoms with Crippen LogP contribution in [0.5, 0.6) is 5.75 Å². The second kappa shape index (κ2) is 9.26. The summed E-state index contributed by atoms with van der Waals surface area (Å²) in [4.78, 5) is 14.9. The minimum atomic E-state index is -0.128. The fourth-order valence-electron chi connectivity index (χ4n) is 3.35. The van der Waals surface area contributed by atoms with Crippen LogP contribution in [0.2, 0.25) is 0 Å². The monoisotopic (exact) mass is 387 g/mol. The van der Waals surface area contributed by atoms with Gasteiger partial charge in [-0.1, -0.05) is 36.4 Å². The molecule has 0 aromatic heterocycles. The Morgan fingerprint density at radius 2 is 1.69 bits per heavy atom. The molecular formula is C24H25N3O2. The van der Waals surface area contributed by atoms with Gasteiger partial charge in [-0.25, -0.2) is 0 Å². The van der Waals surface area contributed by atoms with Gasteiger partial charge >= 0.3 is 0 Å². The predicted molar refractivity (Wildman–Crippen MR) is 117 cm³/mol. The predicted octanol–water partition coefficient (Wildman–Crippen LogP) is 3.93. The van der Waals surface area contributed by atoms with Crippen LogP contribution in [0, 0.1) is 0 Å². The molecule has 0 spiro atoms. The third-order valence-electron chi connectivity index (χ3n) is 4.95. The number of hydrogen-bond acceptors (Lipinski definition) is 4. The third kappa shape index (κ3) is 5.15. The highest BCUT2D eigenvalue weighted by molar-refractivity contribution is 6.04. The van der Waals surface area contributed by atoms with E-state index in [0.717, 1.165) is 43.2 Å². The van der Waals surface area contributed by atoms with Crippen molar-refractivity contribution in [3.05, 3.63) is 90.0 Å². The summed E-state index contributed by atoms with van der Waals surface area (Å²) in [5.74, 6) is 0.595. The average Bonchev–Trinajstić information content (AvgIpc) is 2.79. The van der Waals surface area contributed by atoms with Crippen LogP contribution in [-0.2, 0) is 6.61 Å². The van der Waals surface area contributed by atoms with Gasteiger partial charge in [0.2, 0.25) is 0 Å². The minimum Gasteiger partial charge on any atom is -0.489 e. The summed E-state index contributed by atoms with van der Waals surface area (Å²) in [6.07, 6.45) is 0. The minimum absolute atomic E-state index is 0.128. The Hall–Kier alpha value is -3.31. The highest BCUT2D eigenvalue weighted by atomic mass is 16.5. The van der Waals surface area contributed by atoms with Crippen molar-refractivity contribution < 1.29 is 9.53 Å². The molecule has 5 heteroatoms. The third-order valence-corrected chi connectivity index (χ3v) is 4.95. The van der Waals surface area contributed by atoms with Gasteiger partial charge in [0.05, 0.1) is 0 Å². The van der Waals surface area contributed by atoms with Crippen LogP contribution >= 0.6 is 0 Å². The molecule has 3 aromatic carbocycles. The van der Waals surface area contributed by atoms with Gasteiger partial charge in [-0.15, -0.1) is 0 Å². The molecule has 1 saturated heterocycles. The molecule has 0 radical (unpaired) electrons. The molecule has 0 aliphatic carbocycles. The van der Waals surface area contributed by atoms with E-state index in [9.17, 15) is 4.79 Å². The van der Waals surface area contributed by atoms with Gasteiger partial charge in [-0.05, 0) is 42.0 Å². The second-order valence-corrected chi connectivity index (χ2v) is 7.04. The summed E-state index contributed by atoms with van der Waals surface area (Å²) < 4.78 is 5.84. The van der Waals surface area contributed by atoms with Crippen LogP contribution in [0.25, 0.3) is 0 Å². The Kier molecular flexibility index (Phi) is 6.07. The van der Waals surface area contributed by atoms with E-state index < -0.39 is 0 Å². The fourth-order valence-corrected chi connectivity index (χ4v) is 3.35. The lowest BCUT2D eigenvalue weighted by Gasteiger charge is -2.29. The highest BCUT2D eigenvalue weighted by Crippen LogP contribution is 2.20. The normalized spacial score (nSPS) is 13.7. The molecule has 1 aliphatic rings. The number of piperazine rings is 1. The quantitative estimate of drug-likeness (QED) is 0.673. The zero-order valence-corrected chi connectivity index (χ0v) is 16.3. The van der Waals surface area contributed by atoms with E-state index in [4.69, 9.17) is 4.74 Å². The molecule has 0 saturated carbocycles. The van der Waals surface area contributed by atoms with Crippen molar-refractivity contribution in [3.8, 4) is 5.75 Å². The number of rotatable bonds is 6. The SMILES string of the molecule is O=C(Nc1cccc(OCc2ccccc2)c1)c1ccc(N2CCNCC2)cc1. The van der Waals surface area contributed by atoms with Crippen molar-refractivity contribution >= 4 is 17.3 Å². The van der Waals surface area contributed by atoms with Crippen molar-refractivity contribution in [2.75, 3.05) is 36.4 Å². The Morgan fingerprint density at radius 1 is 0.931 bits per heavy atom. The van der Waals surface area contributed by atoms with Crippen LogP contribution in [0.1, 0.15) is 15.9 Å². The first-order chi connectivity index (χ1) is 14.3. The number of carbonyl (C=O) groups excluding carboxylic acids is 1. The first-order valence-electron chi connectivity index (χ1n) is 9.92. The van der Waals surface area contributed by atoms with E-state index in [-0.39, 0.29) is 5.91 Å². The summed E-state index contributed by atoms with van der Waals surface area (Å²) in [6, 6.07) is 25.3. The summed E-state index contributed by atoms with van der Waals surface area (Å²) in [7, 11) is 0. The maximum absolute atomic E-state index is 12.6. The van der Waals surface area contributed by atoms with E-state index in [2.05, 4.69) is 15.5 Å². The number of nitrogens with zero attached hydrogens (tertiary/aromatic N) is 1. The summed E-state index contributed by atoms with van der Waals surface area (Å²) in [5.41, 5.74) is 3.61. The molecular weight excluding hydrogens is 362 g/mol. The largest absolute Gasteiger partial charge is 0.489 e. The number of anilines is 2. The number of ether oxygens (including phenoxy) is 1. The van der Waals surface area contributed by atoms with E-state index >= 15 is 0 Å². The Bertz CT molecular complexity index is 936. The van der Waals surface area contributed by atoms with Gasteiger partial charge < -0.3 is 20.3 Å². The summed E-state index contributed by atoms with van der Waals surface area (Å²) in [6.45, 7) is 4.45. The molecule has 5 nitrogen and oxygen atoms in total. The van der Waals surface area contributed by atoms with Gasteiger partial charge in [-0.2, -0.15) is 0 Å². The number of nitrogens with one attached hydrogen (secondary N) is 2. The van der Waals surface area contributed by atoms with Crippen molar-refractivity contribution in [2.45, 2.75) is 6.61 Å². The van der Waals surface area contributed by atoms with Gasteiger partial charge in [0.1, 0.15) is 12.4 Å². The highest BCUT2D eigenvalue weighted by Gasteiger charge is 2.12. The first kappa shape index (κ1) is 19.0. The molecule has 1 aliphatic heterocycles. The van der Waals surface area contributed by atoms with Crippen LogP contribution in [0.4, 0.5) is 11.4 Å². The molecule has 1 fully saturated rings. The molecule has 3 aromatic rings. The van der Waals surface area contributed by atoms with Crippen LogP contribution in [0.15, 0.2) is 78.9 Å². The maximum Gasteiger partial charge on any atom is 0.255 e. The van der Waals surface area contributed by atoms with Gasteiger partial charge in [-0.3, -0.25) is 4.79 Å². The molecule has 1 amide bonds. The summed E-state index contributed by atoms with van der Waals surface area (Å²) >= 11 is 0. The molecule has 0 unspecified atom stereocenters. The van der Waals surface area contributed by atoms with Crippen LogP contribution in [-0.4, -0.2) is 32.1 Å². The molecule has 0 atom stereocenters. The molecule has 0 bridgehead atoms. The number of amides is 1. The average molecular weight is 387 g/mol. The second-order valence-electron chi connectivity index (χ2n) is 7.04. The molecule has 148 valence electrons. The molecule has 29 heavy (non-hydrogen) atoms. The van der Waals surface area contributed by atoms with E-state index in [0.29, 0.717) is 17.9 Å². The van der Waals surface area contributed by atoms with Crippen LogP contribution < -0.4 is 20.3 Å². The van der Waals surface area contributed by atoms with Gasteiger partial charge in [0.15, 0.2) is 0 Å². The van der Waals surface area contributed by atoms with E-state index in [1.807, 2.05) is 78.9 Å². The number of hydrogen-bond donors (Lipinski definition) is 2. The van der Waals surface area contributed by atoms with Gasteiger partial charge in [0.25, 0.3) is 5.91 Å². The molecule has 4 rings (SSSR count). The zero-order chi connectivity index (χ0) is 19.9. The topological polar surface area (TPSA) is 53.6 Å². The van der Waals surface area contributed by atoms with Crippen molar-refractivity contribution in [1.29, 1.82) is 0 Å². The Morgan fingerprint density at radius 3 is 2.45 bits per heavy atom. The lowest BCUT2D eigenvalue weighted by Crippen LogP contribution is -2.43. The summed E-state index contributed by atoms with van der Waals surface area (Å²) in [5, 5.41) is 6.30. The van der Waals surface area contributed by atoms with Gasteiger partial charge in [0, 0.05) is 49.2 Å². The number of benzene rings is 3. The van der Waals surface area contributed by atoms with Crippen molar-refractivity contribution in [3.63, 3.8) is 0 Å². The maximum atomic E-state index is 12.6. The smallest absolute Gasteiger partial charge is 0.255 e. The van der Waals surface area contributed by atoms with E-state index in [1.54, 1.807) is 0 Å². The number of carbonyl (C=O) groups is 1. The zero-order valence-electron chi connectivity index (χ0n) is 16.3. The lowest BCUT2D eigenvalue weighted by atomic mass is 10.1. The standard InChI is InChI=1S/C24H25N3O2/c28-24(20-9-11-22(12-10-20)27-15-13-25-14-16-27)26-21-7-4-8-23(17-21)29-18-19-5-2-1-3-6-19/h1-12,17,25H,13-16,18H2,(H,26,28). The fraction of sp³-hybridized carbons (Fsp3) is 0.208. The Balaban J connectivity index is 1.36. The van der Waals surface area contributed by atoms with Crippen molar-refractivity contribution in [2.24, 2.45) is 0 Å². The molecule has 1 heterocycles. The van der Waals surface area contributed by atoms with E-state index in [1.165, 1.54) is 0 Å². The van der Waals surface area contributed by atoms with Crippen LogP contribution in [0.3, 0.4) is 0 Å². The lowest BCUT2D eigenvalue weighted by molar-refractivity contribution is 0.102. The Labute approximate surface area is 171 Å².